The van der Waals surface area contributed by atoms with Gasteiger partial charge in [0.15, 0.2) is 0 Å². The van der Waals surface area contributed by atoms with Crippen LogP contribution in [0.5, 0.6) is 0 Å². The Bertz CT molecular complexity index is 554. The standard InChI is InChI=1S/C17H22ClN3O/c1-3-13-7-5-8-14(4-2)16(13)21-12-15(11-19)17(22)20-10-6-9-18/h5,7-8,12,21H,3-4,6,9-10H2,1-2H3,(H,20,22)/b15-12-. The van der Waals surface area contributed by atoms with Gasteiger partial charge in [0.1, 0.15) is 11.6 Å². The lowest BCUT2D eigenvalue weighted by atomic mass is 10.0. The third kappa shape index (κ3) is 5.09. The molecule has 0 aliphatic heterocycles. The Morgan fingerprint density at radius 3 is 2.45 bits per heavy atom. The molecule has 4 nitrogen and oxygen atoms in total. The highest BCUT2D eigenvalue weighted by Crippen LogP contribution is 2.22. The van der Waals surface area contributed by atoms with Crippen molar-refractivity contribution in [3.8, 4) is 6.07 Å². The maximum atomic E-state index is 11.9. The van der Waals surface area contributed by atoms with Crippen molar-refractivity contribution in [2.24, 2.45) is 0 Å². The molecule has 0 bridgehead atoms. The van der Waals surface area contributed by atoms with Crippen LogP contribution in [0.3, 0.4) is 0 Å². The molecule has 2 N–H and O–H groups in total. The van der Waals surface area contributed by atoms with Crippen molar-refractivity contribution < 1.29 is 4.79 Å². The molecule has 0 spiro atoms. The van der Waals surface area contributed by atoms with E-state index in [1.54, 1.807) is 0 Å². The normalized spacial score (nSPS) is 10.9. The van der Waals surface area contributed by atoms with Crippen molar-refractivity contribution in [3.63, 3.8) is 0 Å². The quantitative estimate of drug-likeness (QED) is 0.334. The summed E-state index contributed by atoms with van der Waals surface area (Å²) in [5.41, 5.74) is 3.36. The van der Waals surface area contributed by atoms with Gasteiger partial charge in [0.25, 0.3) is 5.91 Å². The molecule has 0 atom stereocenters. The highest BCUT2D eigenvalue weighted by Gasteiger charge is 2.09. The Morgan fingerprint density at radius 1 is 1.32 bits per heavy atom. The first-order chi connectivity index (χ1) is 10.7. The van der Waals surface area contributed by atoms with Crippen molar-refractivity contribution in [1.82, 2.24) is 5.32 Å². The molecule has 1 rings (SSSR count). The second kappa shape index (κ2) is 9.86. The number of carbonyl (C=O) groups is 1. The Balaban J connectivity index is 2.89. The van der Waals surface area contributed by atoms with Crippen molar-refractivity contribution in [3.05, 3.63) is 41.1 Å². The number of aryl methyl sites for hydroxylation is 2. The van der Waals surface area contributed by atoms with Crippen LogP contribution in [-0.2, 0) is 17.6 Å². The summed E-state index contributed by atoms with van der Waals surface area (Å²) in [5.74, 6) is 0.0978. The van der Waals surface area contributed by atoms with Gasteiger partial charge in [-0.1, -0.05) is 32.0 Å². The number of halogens is 1. The number of nitrogens with one attached hydrogen (secondary N) is 2. The number of hydrogen-bond acceptors (Lipinski definition) is 3. The Kier molecular flexibility index (Phi) is 8.09. The highest BCUT2D eigenvalue weighted by atomic mass is 35.5. The van der Waals surface area contributed by atoms with E-state index in [-0.39, 0.29) is 11.5 Å². The summed E-state index contributed by atoms with van der Waals surface area (Å²) in [7, 11) is 0. The second-order valence-corrected chi connectivity index (χ2v) is 5.15. The number of benzene rings is 1. The van der Waals surface area contributed by atoms with Gasteiger partial charge in [-0.15, -0.1) is 11.6 Å². The molecular weight excluding hydrogens is 298 g/mol. The van der Waals surface area contributed by atoms with E-state index >= 15 is 0 Å². The minimum atomic E-state index is -0.382. The second-order valence-electron chi connectivity index (χ2n) is 4.77. The topological polar surface area (TPSA) is 64.9 Å². The third-order valence-electron chi connectivity index (χ3n) is 3.32. The lowest BCUT2D eigenvalue weighted by Gasteiger charge is -2.13. The van der Waals surface area contributed by atoms with Crippen LogP contribution in [0.4, 0.5) is 5.69 Å². The molecule has 0 aromatic heterocycles. The molecule has 0 radical (unpaired) electrons. The average Bonchev–Trinajstić information content (AvgIpc) is 2.55. The van der Waals surface area contributed by atoms with E-state index in [4.69, 9.17) is 16.9 Å². The largest absolute Gasteiger partial charge is 0.360 e. The monoisotopic (exact) mass is 319 g/mol. The average molecular weight is 320 g/mol. The Hall–Kier alpha value is -1.99. The summed E-state index contributed by atoms with van der Waals surface area (Å²) in [6.45, 7) is 4.62. The van der Waals surface area contributed by atoms with Gasteiger partial charge in [0, 0.05) is 24.3 Å². The van der Waals surface area contributed by atoms with E-state index in [0.717, 1.165) is 29.7 Å². The molecule has 0 unspecified atom stereocenters. The fourth-order valence-corrected chi connectivity index (χ4v) is 2.22. The van der Waals surface area contributed by atoms with E-state index in [2.05, 4.69) is 24.5 Å². The number of anilines is 1. The third-order valence-corrected chi connectivity index (χ3v) is 3.59. The van der Waals surface area contributed by atoms with Crippen molar-refractivity contribution >= 4 is 23.2 Å². The Labute approximate surface area is 137 Å². The summed E-state index contributed by atoms with van der Waals surface area (Å²) in [6, 6.07) is 8.04. The molecule has 0 aliphatic carbocycles. The van der Waals surface area contributed by atoms with Crippen molar-refractivity contribution in [1.29, 1.82) is 5.26 Å². The summed E-state index contributed by atoms with van der Waals surface area (Å²) >= 11 is 5.56. The van der Waals surface area contributed by atoms with Gasteiger partial charge in [-0.05, 0) is 30.4 Å². The molecule has 1 amide bonds. The van der Waals surface area contributed by atoms with Gasteiger partial charge >= 0.3 is 0 Å². The van der Waals surface area contributed by atoms with Crippen LogP contribution in [0.2, 0.25) is 0 Å². The van der Waals surface area contributed by atoms with Gasteiger partial charge in [-0.3, -0.25) is 4.79 Å². The van der Waals surface area contributed by atoms with E-state index < -0.39 is 0 Å². The molecule has 0 aliphatic rings. The van der Waals surface area contributed by atoms with Gasteiger partial charge in [-0.25, -0.2) is 0 Å². The summed E-state index contributed by atoms with van der Waals surface area (Å²) in [6.07, 6.45) is 3.92. The number of hydrogen-bond donors (Lipinski definition) is 2. The van der Waals surface area contributed by atoms with Crippen LogP contribution in [0.25, 0.3) is 0 Å². The molecule has 1 aromatic rings. The predicted molar refractivity (Wildman–Crippen MR) is 90.9 cm³/mol. The zero-order chi connectivity index (χ0) is 16.4. The van der Waals surface area contributed by atoms with Crippen LogP contribution >= 0.6 is 11.6 Å². The molecule has 118 valence electrons. The molecule has 22 heavy (non-hydrogen) atoms. The van der Waals surface area contributed by atoms with Crippen molar-refractivity contribution in [2.75, 3.05) is 17.7 Å². The predicted octanol–water partition coefficient (Wildman–Crippen LogP) is 3.38. The SMILES string of the molecule is CCc1cccc(CC)c1N/C=C(/C#N)C(=O)NCCCCl. The van der Waals surface area contributed by atoms with Gasteiger partial charge in [0.05, 0.1) is 0 Å². The number of amides is 1. The molecule has 0 saturated carbocycles. The fraction of sp³-hybridized carbons (Fsp3) is 0.412. The molecule has 5 heteroatoms. The van der Waals surface area contributed by atoms with Crippen molar-refractivity contribution in [2.45, 2.75) is 33.1 Å². The fourth-order valence-electron chi connectivity index (χ4n) is 2.08. The number of carbonyl (C=O) groups excluding carboxylic acids is 1. The van der Waals surface area contributed by atoms with Gasteiger partial charge in [-0.2, -0.15) is 5.26 Å². The smallest absolute Gasteiger partial charge is 0.263 e. The maximum absolute atomic E-state index is 11.9. The van der Waals surface area contributed by atoms with E-state index in [1.165, 1.54) is 6.20 Å². The van der Waals surface area contributed by atoms with Crippen LogP contribution in [0, 0.1) is 11.3 Å². The lowest BCUT2D eigenvalue weighted by Crippen LogP contribution is -2.26. The number of nitriles is 1. The van der Waals surface area contributed by atoms with Crippen LogP contribution in [-0.4, -0.2) is 18.3 Å². The first-order valence-electron chi connectivity index (χ1n) is 7.49. The summed E-state index contributed by atoms with van der Waals surface area (Å²) in [4.78, 5) is 11.9. The maximum Gasteiger partial charge on any atom is 0.263 e. The van der Waals surface area contributed by atoms with E-state index in [1.807, 2.05) is 24.3 Å². The number of rotatable bonds is 8. The van der Waals surface area contributed by atoms with E-state index in [9.17, 15) is 4.79 Å². The van der Waals surface area contributed by atoms with Crippen LogP contribution < -0.4 is 10.6 Å². The minimum Gasteiger partial charge on any atom is -0.360 e. The van der Waals surface area contributed by atoms with Crippen LogP contribution in [0.1, 0.15) is 31.4 Å². The first-order valence-corrected chi connectivity index (χ1v) is 8.03. The van der Waals surface area contributed by atoms with Gasteiger partial charge in [0.2, 0.25) is 0 Å². The zero-order valence-corrected chi connectivity index (χ0v) is 13.8. The molecule has 0 heterocycles. The van der Waals surface area contributed by atoms with E-state index in [0.29, 0.717) is 18.8 Å². The number of alkyl halides is 1. The number of nitrogens with zero attached hydrogens (tertiary/aromatic N) is 1. The highest BCUT2D eigenvalue weighted by molar-refractivity contribution is 6.17. The number of para-hydroxylation sites is 1. The molecule has 0 saturated heterocycles. The van der Waals surface area contributed by atoms with Gasteiger partial charge < -0.3 is 10.6 Å². The lowest BCUT2D eigenvalue weighted by molar-refractivity contribution is -0.117. The molecule has 0 fully saturated rings. The molecular formula is C17H22ClN3O. The first kappa shape index (κ1) is 18.1. The zero-order valence-electron chi connectivity index (χ0n) is 13.1. The van der Waals surface area contributed by atoms with Crippen LogP contribution in [0.15, 0.2) is 30.0 Å². The Morgan fingerprint density at radius 2 is 1.95 bits per heavy atom. The summed E-state index contributed by atoms with van der Waals surface area (Å²) < 4.78 is 0. The summed E-state index contributed by atoms with van der Waals surface area (Å²) in [5, 5.41) is 14.9. The molecule has 1 aromatic carbocycles. The minimum absolute atomic E-state index is 0.0579.